The Morgan fingerprint density at radius 2 is 2.00 bits per heavy atom. The van der Waals surface area contributed by atoms with Crippen LogP contribution in [0, 0.1) is 10.1 Å². The maximum atomic E-state index is 10.6. The highest BCUT2D eigenvalue weighted by molar-refractivity contribution is 7.15. The van der Waals surface area contributed by atoms with Gasteiger partial charge in [-0.25, -0.2) is 0 Å². The van der Waals surface area contributed by atoms with Crippen LogP contribution in [0.2, 0.25) is 0 Å². The van der Waals surface area contributed by atoms with Crippen molar-refractivity contribution in [3.63, 3.8) is 0 Å². The predicted octanol–water partition coefficient (Wildman–Crippen LogP) is 3.00. The molecule has 0 amide bonds. The van der Waals surface area contributed by atoms with Crippen LogP contribution in [0.3, 0.4) is 0 Å². The van der Waals surface area contributed by atoms with Gasteiger partial charge < -0.3 is 10.1 Å². The summed E-state index contributed by atoms with van der Waals surface area (Å²) >= 11 is 1.21. The lowest BCUT2D eigenvalue weighted by Gasteiger charge is -2.04. The van der Waals surface area contributed by atoms with Crippen LogP contribution in [-0.4, -0.2) is 18.6 Å². The molecule has 0 saturated carbocycles. The fourth-order valence-corrected chi connectivity index (χ4v) is 2.59. The molecular formula is C14H16N2O3S. The molecule has 0 fully saturated rings. The van der Waals surface area contributed by atoms with Crippen LogP contribution in [0.5, 0.6) is 5.75 Å². The van der Waals surface area contributed by atoms with Crippen molar-refractivity contribution in [2.24, 2.45) is 0 Å². The zero-order chi connectivity index (χ0) is 14.4. The molecule has 106 valence electrons. The van der Waals surface area contributed by atoms with Gasteiger partial charge in [-0.2, -0.15) is 0 Å². The van der Waals surface area contributed by atoms with Gasteiger partial charge >= 0.3 is 5.00 Å². The van der Waals surface area contributed by atoms with Gasteiger partial charge in [0, 0.05) is 17.5 Å². The molecule has 5 nitrogen and oxygen atoms in total. The molecule has 1 heterocycles. The van der Waals surface area contributed by atoms with Crippen molar-refractivity contribution in [3.05, 3.63) is 57.0 Å². The largest absolute Gasteiger partial charge is 0.497 e. The second-order valence-corrected chi connectivity index (χ2v) is 5.42. The summed E-state index contributed by atoms with van der Waals surface area (Å²) in [5.74, 6) is 0.854. The zero-order valence-corrected chi connectivity index (χ0v) is 12.0. The Morgan fingerprint density at radius 3 is 2.60 bits per heavy atom. The first-order chi connectivity index (χ1) is 9.69. The fraction of sp³-hybridized carbons (Fsp3) is 0.286. The summed E-state index contributed by atoms with van der Waals surface area (Å²) in [6.45, 7) is 1.49. The molecule has 0 spiro atoms. The molecule has 0 bridgehead atoms. The molecule has 0 aliphatic rings. The highest BCUT2D eigenvalue weighted by Gasteiger charge is 2.08. The number of nitrogens with one attached hydrogen (secondary N) is 1. The lowest BCUT2D eigenvalue weighted by molar-refractivity contribution is -0.380. The Labute approximate surface area is 121 Å². The Bertz CT molecular complexity index is 566. The SMILES string of the molecule is COc1ccc(CCNCc2ccc([N+](=O)[O-])s2)cc1. The number of methoxy groups -OCH3 is 1. The van der Waals surface area contributed by atoms with Crippen LogP contribution < -0.4 is 10.1 Å². The van der Waals surface area contributed by atoms with E-state index in [1.165, 1.54) is 16.9 Å². The fourth-order valence-electron chi connectivity index (χ4n) is 1.80. The summed E-state index contributed by atoms with van der Waals surface area (Å²) in [4.78, 5) is 11.2. The number of thiophene rings is 1. The van der Waals surface area contributed by atoms with Crippen LogP contribution in [0.15, 0.2) is 36.4 Å². The van der Waals surface area contributed by atoms with E-state index in [1.807, 2.05) is 24.3 Å². The Balaban J connectivity index is 1.73. The van der Waals surface area contributed by atoms with E-state index in [4.69, 9.17) is 4.74 Å². The Morgan fingerprint density at radius 1 is 1.25 bits per heavy atom. The van der Waals surface area contributed by atoms with Gasteiger partial charge in [0.1, 0.15) is 5.75 Å². The van der Waals surface area contributed by atoms with Crippen LogP contribution in [-0.2, 0) is 13.0 Å². The van der Waals surface area contributed by atoms with Gasteiger partial charge in [-0.3, -0.25) is 10.1 Å². The molecule has 1 aromatic carbocycles. The summed E-state index contributed by atoms with van der Waals surface area (Å²) < 4.78 is 5.11. The lowest BCUT2D eigenvalue weighted by atomic mass is 10.1. The smallest absolute Gasteiger partial charge is 0.324 e. The van der Waals surface area contributed by atoms with E-state index in [0.717, 1.165) is 23.6 Å². The van der Waals surface area contributed by atoms with Gasteiger partial charge in [-0.15, -0.1) is 0 Å². The molecule has 1 N–H and O–H groups in total. The Kier molecular flexibility index (Phi) is 5.09. The maximum absolute atomic E-state index is 10.6. The van der Waals surface area contributed by atoms with E-state index < -0.39 is 0 Å². The van der Waals surface area contributed by atoms with Gasteiger partial charge in [0.25, 0.3) is 0 Å². The number of ether oxygens (including phenoxy) is 1. The Hall–Kier alpha value is -1.92. The van der Waals surface area contributed by atoms with Crippen LogP contribution in [0.1, 0.15) is 10.4 Å². The molecule has 20 heavy (non-hydrogen) atoms. The second-order valence-electron chi connectivity index (χ2n) is 4.27. The minimum Gasteiger partial charge on any atom is -0.497 e. The number of benzene rings is 1. The van der Waals surface area contributed by atoms with Crippen molar-refractivity contribution in [2.45, 2.75) is 13.0 Å². The van der Waals surface area contributed by atoms with Gasteiger partial charge in [0.05, 0.1) is 12.0 Å². The second kappa shape index (κ2) is 7.02. The third kappa shape index (κ3) is 4.04. The number of hydrogen-bond acceptors (Lipinski definition) is 5. The first kappa shape index (κ1) is 14.5. The van der Waals surface area contributed by atoms with Crippen molar-refractivity contribution in [2.75, 3.05) is 13.7 Å². The third-order valence-corrected chi connectivity index (χ3v) is 3.91. The van der Waals surface area contributed by atoms with Gasteiger partial charge in [0.15, 0.2) is 0 Å². The first-order valence-electron chi connectivity index (χ1n) is 6.26. The van der Waals surface area contributed by atoms with E-state index in [1.54, 1.807) is 19.2 Å². The van der Waals surface area contributed by atoms with Crippen molar-refractivity contribution >= 4 is 16.3 Å². The van der Waals surface area contributed by atoms with Gasteiger partial charge in [-0.05, 0) is 36.7 Å². The molecule has 2 aromatic rings. The van der Waals surface area contributed by atoms with E-state index in [-0.39, 0.29) is 9.92 Å². The molecule has 0 aliphatic heterocycles. The van der Waals surface area contributed by atoms with Gasteiger partial charge in [-0.1, -0.05) is 23.5 Å². The minimum absolute atomic E-state index is 0.192. The average Bonchev–Trinajstić information content (AvgIpc) is 2.93. The molecule has 2 rings (SSSR count). The summed E-state index contributed by atoms with van der Waals surface area (Å²) in [7, 11) is 1.65. The molecule has 0 radical (unpaired) electrons. The van der Waals surface area contributed by atoms with Crippen molar-refractivity contribution in [1.82, 2.24) is 5.32 Å². The average molecular weight is 292 g/mol. The molecule has 6 heteroatoms. The molecule has 0 unspecified atom stereocenters. The van der Waals surface area contributed by atoms with Crippen molar-refractivity contribution in [3.8, 4) is 5.75 Å². The normalized spacial score (nSPS) is 10.4. The maximum Gasteiger partial charge on any atom is 0.324 e. The minimum atomic E-state index is -0.356. The summed E-state index contributed by atoms with van der Waals surface area (Å²) in [6.07, 6.45) is 0.914. The number of rotatable bonds is 7. The summed E-state index contributed by atoms with van der Waals surface area (Å²) in [5.41, 5.74) is 1.23. The predicted molar refractivity (Wildman–Crippen MR) is 79.4 cm³/mol. The first-order valence-corrected chi connectivity index (χ1v) is 7.07. The van der Waals surface area contributed by atoms with E-state index in [9.17, 15) is 10.1 Å². The lowest BCUT2D eigenvalue weighted by Crippen LogP contribution is -2.15. The molecule has 0 saturated heterocycles. The van der Waals surface area contributed by atoms with E-state index in [2.05, 4.69) is 5.32 Å². The molecule has 0 aliphatic carbocycles. The zero-order valence-electron chi connectivity index (χ0n) is 11.2. The molecular weight excluding hydrogens is 276 g/mol. The van der Waals surface area contributed by atoms with E-state index >= 15 is 0 Å². The number of nitrogens with zero attached hydrogens (tertiary/aromatic N) is 1. The van der Waals surface area contributed by atoms with Gasteiger partial charge in [0.2, 0.25) is 0 Å². The molecule has 1 aromatic heterocycles. The van der Waals surface area contributed by atoms with Crippen molar-refractivity contribution in [1.29, 1.82) is 0 Å². The summed E-state index contributed by atoms with van der Waals surface area (Å²) in [5, 5.41) is 14.0. The van der Waals surface area contributed by atoms with Crippen molar-refractivity contribution < 1.29 is 9.66 Å². The monoisotopic (exact) mass is 292 g/mol. The number of nitro groups is 1. The highest BCUT2D eigenvalue weighted by atomic mass is 32.1. The molecule has 0 atom stereocenters. The summed E-state index contributed by atoms with van der Waals surface area (Å²) in [6, 6.07) is 11.3. The number of hydrogen-bond donors (Lipinski definition) is 1. The quantitative estimate of drug-likeness (QED) is 0.484. The van der Waals surface area contributed by atoms with Crippen LogP contribution in [0.25, 0.3) is 0 Å². The third-order valence-electron chi connectivity index (χ3n) is 2.88. The van der Waals surface area contributed by atoms with Crippen LogP contribution in [0.4, 0.5) is 5.00 Å². The standard InChI is InChI=1S/C14H16N2O3S/c1-19-12-4-2-11(3-5-12)8-9-15-10-13-6-7-14(20-13)16(17)18/h2-7,15H,8-10H2,1H3. The van der Waals surface area contributed by atoms with Crippen LogP contribution >= 0.6 is 11.3 Å². The highest BCUT2D eigenvalue weighted by Crippen LogP contribution is 2.23. The topological polar surface area (TPSA) is 64.4 Å². The van der Waals surface area contributed by atoms with E-state index in [0.29, 0.717) is 6.54 Å².